The third-order valence-corrected chi connectivity index (χ3v) is 5.57. The lowest BCUT2D eigenvalue weighted by atomic mass is 10.2. The van der Waals surface area contributed by atoms with Gasteiger partial charge in [-0.25, -0.2) is 0 Å². The van der Waals surface area contributed by atoms with Crippen LogP contribution in [-0.2, 0) is 16.1 Å². The van der Waals surface area contributed by atoms with Gasteiger partial charge in [0, 0.05) is 36.1 Å². The molecule has 27 heavy (non-hydrogen) atoms. The molecule has 3 rings (SSSR count). The van der Waals surface area contributed by atoms with E-state index in [0.717, 1.165) is 21.9 Å². The number of methoxy groups -OCH3 is 1. The molecule has 2 aromatic carbocycles. The molecule has 1 N–H and O–H groups in total. The van der Waals surface area contributed by atoms with E-state index in [1.54, 1.807) is 18.9 Å². The minimum Gasteiger partial charge on any atom is -0.497 e. The van der Waals surface area contributed by atoms with Gasteiger partial charge in [0.1, 0.15) is 5.75 Å². The summed E-state index contributed by atoms with van der Waals surface area (Å²) in [5.74, 6) is 0.623. The highest BCUT2D eigenvalue weighted by atomic mass is 32.2. The van der Waals surface area contributed by atoms with E-state index in [0.29, 0.717) is 18.3 Å². The Morgan fingerprint density at radius 3 is 2.81 bits per heavy atom. The summed E-state index contributed by atoms with van der Waals surface area (Å²) in [6, 6.07) is 15.5. The summed E-state index contributed by atoms with van der Waals surface area (Å²) in [7, 11) is 1.61. The van der Waals surface area contributed by atoms with E-state index in [4.69, 9.17) is 4.74 Å². The van der Waals surface area contributed by atoms with E-state index in [1.165, 1.54) is 0 Å². The Bertz CT molecular complexity index is 825. The highest BCUT2D eigenvalue weighted by Crippen LogP contribution is 2.38. The minimum absolute atomic E-state index is 0.00821. The molecule has 0 aliphatic carbocycles. The Morgan fingerprint density at radius 2 is 2.00 bits per heavy atom. The zero-order valence-electron chi connectivity index (χ0n) is 15.6. The van der Waals surface area contributed by atoms with Gasteiger partial charge in [-0.05, 0) is 29.8 Å². The highest BCUT2D eigenvalue weighted by Gasteiger charge is 2.26. The summed E-state index contributed by atoms with van der Waals surface area (Å²) in [6.07, 6.45) is 0.388. The number of nitrogens with zero attached hydrogens (tertiary/aromatic N) is 1. The quantitative estimate of drug-likeness (QED) is 0.826. The summed E-state index contributed by atoms with van der Waals surface area (Å²) < 4.78 is 5.18. The summed E-state index contributed by atoms with van der Waals surface area (Å²) in [6.45, 7) is 3.21. The molecule has 0 saturated heterocycles. The number of amides is 2. The molecule has 0 fully saturated rings. The van der Waals surface area contributed by atoms with Gasteiger partial charge < -0.3 is 15.0 Å². The first-order valence-electron chi connectivity index (χ1n) is 9.02. The normalized spacial score (nSPS) is 15.8. The molecule has 1 aliphatic rings. The predicted molar refractivity (Wildman–Crippen MR) is 108 cm³/mol. The molecule has 0 radical (unpaired) electrons. The lowest BCUT2D eigenvalue weighted by molar-refractivity contribution is -0.125. The summed E-state index contributed by atoms with van der Waals surface area (Å²) in [5.41, 5.74) is 1.91. The third-order valence-electron chi connectivity index (χ3n) is 4.41. The number of benzene rings is 2. The van der Waals surface area contributed by atoms with Gasteiger partial charge in [-0.2, -0.15) is 0 Å². The van der Waals surface area contributed by atoms with Crippen molar-refractivity contribution in [1.82, 2.24) is 5.32 Å². The maximum Gasteiger partial charge on any atom is 0.227 e. The predicted octanol–water partition coefficient (Wildman–Crippen LogP) is 3.62. The number of fused-ring (bicyclic) bond motifs is 1. The number of carbonyl (C=O) groups excluding carboxylic acids is 2. The van der Waals surface area contributed by atoms with E-state index in [9.17, 15) is 9.59 Å². The number of ether oxygens (including phenoxy) is 1. The second-order valence-electron chi connectivity index (χ2n) is 6.53. The maximum absolute atomic E-state index is 12.7. The van der Waals surface area contributed by atoms with Gasteiger partial charge in [0.05, 0.1) is 12.8 Å². The van der Waals surface area contributed by atoms with Crippen molar-refractivity contribution in [2.24, 2.45) is 0 Å². The van der Waals surface area contributed by atoms with E-state index in [1.807, 2.05) is 53.4 Å². The number of hydrogen-bond donors (Lipinski definition) is 1. The number of nitrogens with one attached hydrogen (secondary N) is 1. The maximum atomic E-state index is 12.7. The van der Waals surface area contributed by atoms with Crippen LogP contribution in [0.25, 0.3) is 0 Å². The summed E-state index contributed by atoms with van der Waals surface area (Å²) >= 11 is 1.78. The molecular weight excluding hydrogens is 360 g/mol. The van der Waals surface area contributed by atoms with Gasteiger partial charge in [0.15, 0.2) is 0 Å². The van der Waals surface area contributed by atoms with Gasteiger partial charge >= 0.3 is 0 Å². The van der Waals surface area contributed by atoms with E-state index < -0.39 is 0 Å². The Hall–Kier alpha value is -2.47. The van der Waals surface area contributed by atoms with Crippen LogP contribution in [0.2, 0.25) is 0 Å². The van der Waals surface area contributed by atoms with Crippen molar-refractivity contribution < 1.29 is 14.3 Å². The second kappa shape index (κ2) is 8.95. The molecule has 1 aliphatic heterocycles. The van der Waals surface area contributed by atoms with Gasteiger partial charge in [0.25, 0.3) is 0 Å². The fourth-order valence-electron chi connectivity index (χ4n) is 3.05. The fourth-order valence-corrected chi connectivity index (χ4v) is 4.17. The molecule has 0 saturated carbocycles. The van der Waals surface area contributed by atoms with E-state index in [2.05, 4.69) is 12.2 Å². The average molecular weight is 385 g/mol. The monoisotopic (exact) mass is 384 g/mol. The average Bonchev–Trinajstić information content (AvgIpc) is 2.69. The highest BCUT2D eigenvalue weighted by molar-refractivity contribution is 8.00. The van der Waals surface area contributed by atoms with Crippen LogP contribution in [0.15, 0.2) is 53.4 Å². The van der Waals surface area contributed by atoms with Crippen molar-refractivity contribution in [2.75, 3.05) is 18.6 Å². The molecule has 142 valence electrons. The number of carbonyl (C=O) groups is 2. The first-order chi connectivity index (χ1) is 13.1. The number of thioether (sulfide) groups is 1. The molecule has 1 atom stereocenters. The molecule has 6 heteroatoms. The number of hydrogen-bond acceptors (Lipinski definition) is 4. The first-order valence-corrected chi connectivity index (χ1v) is 9.90. The van der Waals surface area contributed by atoms with Gasteiger partial charge in [0.2, 0.25) is 11.8 Å². The van der Waals surface area contributed by atoms with Crippen molar-refractivity contribution in [1.29, 1.82) is 0 Å². The van der Waals surface area contributed by atoms with Gasteiger partial charge in [-0.15, -0.1) is 11.8 Å². The largest absolute Gasteiger partial charge is 0.497 e. The number of para-hydroxylation sites is 1. The van der Waals surface area contributed by atoms with E-state index >= 15 is 0 Å². The minimum atomic E-state index is -0.126. The topological polar surface area (TPSA) is 58.6 Å². The van der Waals surface area contributed by atoms with Gasteiger partial charge in [-0.3, -0.25) is 9.59 Å². The molecule has 5 nitrogen and oxygen atoms in total. The van der Waals surface area contributed by atoms with Crippen molar-refractivity contribution in [3.8, 4) is 5.75 Å². The summed E-state index contributed by atoms with van der Waals surface area (Å²) in [4.78, 5) is 27.8. The van der Waals surface area contributed by atoms with Crippen molar-refractivity contribution >= 4 is 29.3 Å². The Morgan fingerprint density at radius 1 is 1.19 bits per heavy atom. The molecule has 2 amide bonds. The van der Waals surface area contributed by atoms with Crippen molar-refractivity contribution in [3.63, 3.8) is 0 Å². The van der Waals surface area contributed by atoms with Crippen LogP contribution in [0.3, 0.4) is 0 Å². The standard InChI is InChI=1S/C21H24N2O3S/c1-15-14-23(18-8-3-4-9-19(18)27-15)21(25)11-10-20(24)22-13-16-6-5-7-17(12-16)26-2/h3-9,12,15H,10-11,13-14H2,1-2H3,(H,22,24)/t15-/m0/s1. The number of anilines is 1. The van der Waals surface area contributed by atoms with Crippen LogP contribution in [0, 0.1) is 0 Å². The SMILES string of the molecule is COc1cccc(CNC(=O)CCC(=O)N2C[C@H](C)Sc3ccccc32)c1. The van der Waals surface area contributed by atoms with Crippen LogP contribution in [0.5, 0.6) is 5.75 Å². The lowest BCUT2D eigenvalue weighted by Gasteiger charge is -2.32. The fraction of sp³-hybridized carbons (Fsp3) is 0.333. The van der Waals surface area contributed by atoms with Crippen molar-refractivity contribution in [3.05, 3.63) is 54.1 Å². The van der Waals surface area contributed by atoms with Crippen LogP contribution < -0.4 is 15.0 Å². The zero-order chi connectivity index (χ0) is 19.2. The smallest absolute Gasteiger partial charge is 0.227 e. The number of rotatable bonds is 6. The second-order valence-corrected chi connectivity index (χ2v) is 8.01. The molecule has 0 bridgehead atoms. The summed E-state index contributed by atoms with van der Waals surface area (Å²) in [5, 5.41) is 3.21. The first kappa shape index (κ1) is 19.3. The lowest BCUT2D eigenvalue weighted by Crippen LogP contribution is -2.39. The Labute approximate surface area is 164 Å². The molecule has 0 spiro atoms. The molecular formula is C21H24N2O3S. The molecule has 1 heterocycles. The zero-order valence-corrected chi connectivity index (χ0v) is 16.4. The molecule has 0 unspecified atom stereocenters. The van der Waals surface area contributed by atoms with Crippen LogP contribution in [-0.4, -0.2) is 30.7 Å². The molecule has 0 aromatic heterocycles. The Balaban J connectivity index is 1.52. The van der Waals surface area contributed by atoms with Crippen LogP contribution in [0.4, 0.5) is 5.69 Å². The van der Waals surface area contributed by atoms with Crippen LogP contribution in [0.1, 0.15) is 25.3 Å². The van der Waals surface area contributed by atoms with E-state index in [-0.39, 0.29) is 24.7 Å². The third kappa shape index (κ3) is 5.04. The molecule has 2 aromatic rings. The van der Waals surface area contributed by atoms with Crippen molar-refractivity contribution in [2.45, 2.75) is 36.5 Å². The van der Waals surface area contributed by atoms with Crippen LogP contribution >= 0.6 is 11.8 Å². The van der Waals surface area contributed by atoms with Gasteiger partial charge in [-0.1, -0.05) is 31.2 Å². The Kier molecular flexibility index (Phi) is 6.40.